The molecule has 1 aliphatic rings. The summed E-state index contributed by atoms with van der Waals surface area (Å²) in [6.07, 6.45) is 1.82. The molecule has 6 nitrogen and oxygen atoms in total. The number of carbonyl (C=O) groups excluding carboxylic acids is 1. The molecule has 2 N–H and O–H groups in total. The fourth-order valence-corrected chi connectivity index (χ4v) is 6.00. The van der Waals surface area contributed by atoms with E-state index in [9.17, 15) is 4.79 Å². The van der Waals surface area contributed by atoms with Gasteiger partial charge in [-0.1, -0.05) is 41.9 Å². The topological polar surface area (TPSA) is 62.2 Å². The maximum Gasteiger partial charge on any atom is 0.226 e. The van der Waals surface area contributed by atoms with Crippen LogP contribution in [-0.4, -0.2) is 20.6 Å². The molecule has 39 heavy (non-hydrogen) atoms. The summed E-state index contributed by atoms with van der Waals surface area (Å²) in [4.78, 5) is 19.2. The molecule has 2 aromatic carbocycles. The van der Waals surface area contributed by atoms with Gasteiger partial charge in [0.05, 0.1) is 17.8 Å². The smallest absolute Gasteiger partial charge is 0.226 e. The summed E-state index contributed by atoms with van der Waals surface area (Å²) in [5.74, 6) is -0.0965. The molecule has 0 unspecified atom stereocenters. The van der Waals surface area contributed by atoms with Crippen LogP contribution in [0.1, 0.15) is 54.1 Å². The molecular formula is C31H32BrN5OS. The van der Waals surface area contributed by atoms with Crippen molar-refractivity contribution >= 4 is 50.5 Å². The molecule has 2 aromatic heterocycles. The van der Waals surface area contributed by atoms with Crippen molar-refractivity contribution in [2.24, 2.45) is 5.92 Å². The molecule has 1 amide bonds. The Balaban J connectivity index is 1.62. The Bertz CT molecular complexity index is 1550. The summed E-state index contributed by atoms with van der Waals surface area (Å²) >= 11 is 9.58. The second-order valence-electron chi connectivity index (χ2n) is 10.3. The first-order chi connectivity index (χ1) is 18.7. The number of nitrogens with one attached hydrogen (secondary N) is 2. The summed E-state index contributed by atoms with van der Waals surface area (Å²) < 4.78 is 3.32. The second kappa shape index (κ2) is 10.9. The molecule has 4 aromatic rings. The number of benzene rings is 2. The fourth-order valence-electron chi connectivity index (χ4n) is 5.26. The van der Waals surface area contributed by atoms with E-state index in [2.05, 4.69) is 80.2 Å². The first-order valence-electron chi connectivity index (χ1n) is 13.0. The Hall–Kier alpha value is -3.49. The lowest BCUT2D eigenvalue weighted by atomic mass is 9.96. The Kier molecular flexibility index (Phi) is 7.60. The maximum atomic E-state index is 12.3. The third-order valence-corrected chi connectivity index (χ3v) is 8.03. The van der Waals surface area contributed by atoms with E-state index in [-0.39, 0.29) is 23.9 Å². The van der Waals surface area contributed by atoms with Crippen molar-refractivity contribution in [3.05, 3.63) is 106 Å². The minimum atomic E-state index is -0.143. The Morgan fingerprint density at radius 1 is 1.03 bits per heavy atom. The van der Waals surface area contributed by atoms with Crippen molar-refractivity contribution in [1.82, 2.24) is 14.9 Å². The van der Waals surface area contributed by atoms with Crippen molar-refractivity contribution < 1.29 is 4.79 Å². The van der Waals surface area contributed by atoms with Crippen LogP contribution >= 0.6 is 28.1 Å². The number of hydrogen-bond acceptors (Lipinski definition) is 3. The van der Waals surface area contributed by atoms with Gasteiger partial charge in [0.15, 0.2) is 5.11 Å². The van der Waals surface area contributed by atoms with E-state index in [0.717, 1.165) is 44.2 Å². The lowest BCUT2D eigenvalue weighted by molar-refractivity contribution is -0.118. The third kappa shape index (κ3) is 5.23. The normalized spacial score (nSPS) is 17.0. The van der Waals surface area contributed by atoms with Crippen molar-refractivity contribution in [2.45, 2.75) is 46.7 Å². The molecule has 0 saturated carbocycles. The highest BCUT2D eigenvalue weighted by Crippen LogP contribution is 2.44. The van der Waals surface area contributed by atoms with E-state index < -0.39 is 0 Å². The molecule has 3 heterocycles. The number of halogens is 1. The molecule has 5 rings (SSSR count). The van der Waals surface area contributed by atoms with Gasteiger partial charge in [0.2, 0.25) is 5.91 Å². The van der Waals surface area contributed by atoms with Gasteiger partial charge < -0.3 is 20.1 Å². The monoisotopic (exact) mass is 601 g/mol. The first kappa shape index (κ1) is 27.1. The van der Waals surface area contributed by atoms with Crippen molar-refractivity contribution in [1.29, 1.82) is 0 Å². The van der Waals surface area contributed by atoms with Crippen LogP contribution in [0, 0.1) is 26.7 Å². The van der Waals surface area contributed by atoms with E-state index in [4.69, 9.17) is 17.2 Å². The van der Waals surface area contributed by atoms with E-state index >= 15 is 0 Å². The number of nitrogens with zero attached hydrogens (tertiary/aromatic N) is 3. The van der Waals surface area contributed by atoms with Gasteiger partial charge in [-0.3, -0.25) is 9.78 Å². The molecule has 8 heteroatoms. The third-order valence-electron chi connectivity index (χ3n) is 7.22. The Morgan fingerprint density at radius 2 is 1.82 bits per heavy atom. The zero-order valence-corrected chi connectivity index (χ0v) is 25.1. The fraction of sp³-hybridized carbons (Fsp3) is 0.258. The SMILES string of the molecule is Cc1cc(N2C(=S)N[C@H](c3ccccn3)[C@H]2c2cc(C)n(-c3cccc(Br)c3)c2C)ccc1NC(=O)C(C)C. The number of thiocarbonyl (C=S) groups is 1. The van der Waals surface area contributed by atoms with Crippen LogP contribution in [0.15, 0.2) is 77.4 Å². The number of pyridine rings is 1. The number of anilines is 2. The van der Waals surface area contributed by atoms with Crippen LogP contribution in [-0.2, 0) is 4.79 Å². The van der Waals surface area contributed by atoms with Crippen LogP contribution in [0.5, 0.6) is 0 Å². The summed E-state index contributed by atoms with van der Waals surface area (Å²) in [5.41, 5.74) is 8.23. The molecule has 1 fully saturated rings. The lowest BCUT2D eigenvalue weighted by Crippen LogP contribution is -2.29. The highest BCUT2D eigenvalue weighted by Gasteiger charge is 2.42. The van der Waals surface area contributed by atoms with Crippen LogP contribution in [0.4, 0.5) is 11.4 Å². The molecule has 200 valence electrons. The summed E-state index contributed by atoms with van der Waals surface area (Å²) in [6.45, 7) is 10.1. The maximum absolute atomic E-state index is 12.3. The van der Waals surface area contributed by atoms with Gasteiger partial charge in [0, 0.05) is 45.0 Å². The molecule has 0 radical (unpaired) electrons. The van der Waals surface area contributed by atoms with Crippen molar-refractivity contribution in [3.8, 4) is 5.69 Å². The largest absolute Gasteiger partial charge is 0.351 e. The minimum absolute atomic E-state index is 0.00251. The zero-order valence-electron chi connectivity index (χ0n) is 22.7. The van der Waals surface area contributed by atoms with Gasteiger partial charge in [-0.25, -0.2) is 0 Å². The molecule has 0 aliphatic carbocycles. The highest BCUT2D eigenvalue weighted by molar-refractivity contribution is 9.10. The van der Waals surface area contributed by atoms with Crippen molar-refractivity contribution in [3.63, 3.8) is 0 Å². The van der Waals surface area contributed by atoms with Crippen LogP contribution < -0.4 is 15.5 Å². The van der Waals surface area contributed by atoms with Crippen LogP contribution in [0.25, 0.3) is 5.69 Å². The number of aryl methyl sites for hydroxylation is 2. The number of rotatable bonds is 6. The standard InChI is InChI=1S/C31H32BrN5OS/c1-18(2)30(38)34-26-13-12-24(15-19(26)3)37-29(28(35-31(37)39)27-11-6-7-14-33-27)25-16-20(4)36(21(25)5)23-10-8-9-22(32)17-23/h6-18,28-29H,1-5H3,(H,34,38)(H,35,39)/t28-,29-/m1/s1. The minimum Gasteiger partial charge on any atom is -0.351 e. The lowest BCUT2D eigenvalue weighted by Gasteiger charge is -2.29. The first-order valence-corrected chi connectivity index (χ1v) is 14.2. The van der Waals surface area contributed by atoms with Crippen molar-refractivity contribution in [2.75, 3.05) is 10.2 Å². The summed E-state index contributed by atoms with van der Waals surface area (Å²) in [7, 11) is 0. The van der Waals surface area contributed by atoms with Gasteiger partial charge in [-0.05, 0) is 98.7 Å². The van der Waals surface area contributed by atoms with E-state index in [1.165, 1.54) is 5.56 Å². The Morgan fingerprint density at radius 3 is 2.49 bits per heavy atom. The van der Waals surface area contributed by atoms with Crippen LogP contribution in [0.2, 0.25) is 0 Å². The van der Waals surface area contributed by atoms with E-state index in [0.29, 0.717) is 5.11 Å². The molecule has 0 bridgehead atoms. The zero-order chi connectivity index (χ0) is 27.8. The molecule has 1 aliphatic heterocycles. The summed E-state index contributed by atoms with van der Waals surface area (Å²) in [6, 6.07) is 22.4. The average molecular weight is 603 g/mol. The predicted octanol–water partition coefficient (Wildman–Crippen LogP) is 7.33. The highest BCUT2D eigenvalue weighted by atomic mass is 79.9. The average Bonchev–Trinajstić information content (AvgIpc) is 3.40. The quantitative estimate of drug-likeness (QED) is 0.226. The number of carbonyl (C=O) groups is 1. The predicted molar refractivity (Wildman–Crippen MR) is 166 cm³/mol. The number of aromatic nitrogens is 2. The molecule has 1 saturated heterocycles. The molecule has 2 atom stereocenters. The van der Waals surface area contributed by atoms with Gasteiger partial charge in [0.1, 0.15) is 0 Å². The number of amides is 1. The van der Waals surface area contributed by atoms with Gasteiger partial charge >= 0.3 is 0 Å². The summed E-state index contributed by atoms with van der Waals surface area (Å²) in [5, 5.41) is 7.24. The van der Waals surface area contributed by atoms with Crippen LogP contribution in [0.3, 0.4) is 0 Å². The van der Waals surface area contributed by atoms with Gasteiger partial charge in [-0.15, -0.1) is 0 Å². The van der Waals surface area contributed by atoms with Gasteiger partial charge in [-0.2, -0.15) is 0 Å². The second-order valence-corrected chi connectivity index (χ2v) is 11.6. The van der Waals surface area contributed by atoms with E-state index in [1.54, 1.807) is 0 Å². The Labute approximate surface area is 243 Å². The van der Waals surface area contributed by atoms with Gasteiger partial charge in [0.25, 0.3) is 0 Å². The molecule has 0 spiro atoms. The van der Waals surface area contributed by atoms with E-state index in [1.807, 2.05) is 63.4 Å². The molecular weight excluding hydrogens is 570 g/mol. The number of hydrogen-bond donors (Lipinski definition) is 2.